The van der Waals surface area contributed by atoms with Crippen molar-refractivity contribution in [2.75, 3.05) is 5.32 Å². The summed E-state index contributed by atoms with van der Waals surface area (Å²) < 4.78 is 69.9. The molecule has 8 nitrogen and oxygen atoms in total. The summed E-state index contributed by atoms with van der Waals surface area (Å²) in [5.74, 6) is -1.47. The number of rotatable bonds is 9. The van der Waals surface area contributed by atoms with Gasteiger partial charge in [0.25, 0.3) is 0 Å². The van der Waals surface area contributed by atoms with Crippen LogP contribution in [-0.2, 0) is 11.3 Å². The molecule has 0 amide bonds. The number of hydrogen-bond acceptors (Lipinski definition) is 8. The molecule has 40 heavy (non-hydrogen) atoms. The van der Waals surface area contributed by atoms with E-state index >= 15 is 0 Å². The van der Waals surface area contributed by atoms with Crippen LogP contribution < -0.4 is 10.1 Å². The van der Waals surface area contributed by atoms with Gasteiger partial charge >= 0.3 is 12.3 Å². The van der Waals surface area contributed by atoms with Crippen LogP contribution in [0.4, 0.5) is 22.7 Å². The maximum atomic E-state index is 14.3. The number of hydrogen-bond donors (Lipinski definition) is 2. The summed E-state index contributed by atoms with van der Waals surface area (Å²) in [6, 6.07) is 8.17. The van der Waals surface area contributed by atoms with Crippen molar-refractivity contribution in [3.63, 3.8) is 0 Å². The lowest BCUT2D eigenvalue weighted by Crippen LogP contribution is -2.18. The number of nitrogens with one attached hydrogen (secondary N) is 1. The molecule has 0 radical (unpaired) electrons. The number of benzene rings is 2. The van der Waals surface area contributed by atoms with Crippen LogP contribution in [0.25, 0.3) is 21.5 Å². The SMILES string of the molecule is O=C(O)c1cc(F)c2nc(N[C@@H]3CC[C@H](OCc4c(-c5ccccc5OC(F)(F)F)noc4C4CC4)C3)sc2c1. The monoisotopic (exact) mass is 577 g/mol. The summed E-state index contributed by atoms with van der Waals surface area (Å²) in [6.07, 6.45) is -1.05. The molecule has 0 bridgehead atoms. The fraction of sp³-hybridized carbons (Fsp3) is 0.370. The first-order valence-electron chi connectivity index (χ1n) is 12.7. The molecule has 210 valence electrons. The van der Waals surface area contributed by atoms with E-state index in [1.165, 1.54) is 35.6 Å². The molecule has 2 aromatic heterocycles. The van der Waals surface area contributed by atoms with Crippen molar-refractivity contribution in [2.45, 2.75) is 63.1 Å². The minimum Gasteiger partial charge on any atom is -0.478 e. The second-order valence-electron chi connectivity index (χ2n) is 9.91. The predicted octanol–water partition coefficient (Wildman–Crippen LogP) is 7.11. The van der Waals surface area contributed by atoms with Crippen LogP contribution in [-0.4, -0.2) is 39.7 Å². The number of carboxylic acid groups (broad SMARTS) is 1. The van der Waals surface area contributed by atoms with Crippen molar-refractivity contribution in [2.24, 2.45) is 0 Å². The van der Waals surface area contributed by atoms with E-state index in [1.807, 2.05) is 0 Å². The molecule has 2 N–H and O–H groups in total. The molecule has 4 aromatic rings. The molecule has 13 heteroatoms. The lowest BCUT2D eigenvalue weighted by Gasteiger charge is -2.15. The normalized spacial score (nSPS) is 19.3. The summed E-state index contributed by atoms with van der Waals surface area (Å²) >= 11 is 1.18. The van der Waals surface area contributed by atoms with Gasteiger partial charge in [0.2, 0.25) is 0 Å². The number of halogens is 4. The van der Waals surface area contributed by atoms with Crippen LogP contribution >= 0.6 is 11.3 Å². The summed E-state index contributed by atoms with van der Waals surface area (Å²) in [4.78, 5) is 15.5. The minimum atomic E-state index is -4.85. The highest BCUT2D eigenvalue weighted by Gasteiger charge is 2.36. The zero-order valence-electron chi connectivity index (χ0n) is 20.8. The number of fused-ring (bicyclic) bond motifs is 1. The zero-order valence-corrected chi connectivity index (χ0v) is 21.7. The van der Waals surface area contributed by atoms with Crippen LogP contribution in [0.15, 0.2) is 40.9 Å². The highest BCUT2D eigenvalue weighted by molar-refractivity contribution is 7.22. The van der Waals surface area contributed by atoms with Crippen LogP contribution in [0.5, 0.6) is 5.75 Å². The number of aromatic carboxylic acids is 1. The second kappa shape index (κ2) is 10.4. The number of anilines is 1. The smallest absolute Gasteiger partial charge is 0.478 e. The van der Waals surface area contributed by atoms with Crippen molar-refractivity contribution in [1.82, 2.24) is 10.1 Å². The van der Waals surface area contributed by atoms with Crippen LogP contribution in [0.2, 0.25) is 0 Å². The molecule has 6 rings (SSSR count). The van der Waals surface area contributed by atoms with Crippen molar-refractivity contribution >= 4 is 32.7 Å². The highest BCUT2D eigenvalue weighted by atomic mass is 32.1. The van der Waals surface area contributed by atoms with E-state index in [9.17, 15) is 27.5 Å². The Hall–Kier alpha value is -3.71. The van der Waals surface area contributed by atoms with E-state index in [2.05, 4.69) is 20.2 Å². The molecule has 0 saturated heterocycles. The number of ether oxygens (including phenoxy) is 2. The van der Waals surface area contributed by atoms with E-state index in [1.54, 1.807) is 6.07 Å². The van der Waals surface area contributed by atoms with Gasteiger partial charge in [-0.2, -0.15) is 0 Å². The Morgan fingerprint density at radius 1 is 1.18 bits per heavy atom. The third kappa shape index (κ3) is 5.61. The van der Waals surface area contributed by atoms with Gasteiger partial charge in [-0.1, -0.05) is 28.6 Å². The lowest BCUT2D eigenvalue weighted by molar-refractivity contribution is -0.274. The van der Waals surface area contributed by atoms with Crippen molar-refractivity contribution in [3.05, 3.63) is 59.1 Å². The molecule has 2 aliphatic rings. The van der Waals surface area contributed by atoms with Gasteiger partial charge in [0, 0.05) is 23.1 Å². The first-order valence-corrected chi connectivity index (χ1v) is 13.5. The molecule has 2 aliphatic carbocycles. The maximum absolute atomic E-state index is 14.3. The molecule has 2 heterocycles. The Balaban J connectivity index is 1.15. The zero-order chi connectivity index (χ0) is 28.0. The van der Waals surface area contributed by atoms with E-state index < -0.39 is 18.1 Å². The standard InChI is InChI=1S/C27H23F4N3O5S/c28-19-9-14(25(35)36)10-21-23(19)33-26(40-21)32-15-7-8-16(11-15)37-12-18-22(34-39-24(18)13-5-6-13)17-3-1-2-4-20(17)38-27(29,30)31/h1-4,9-10,13,15-16H,5-8,11-12H2,(H,32,33)(H,35,36)/t15-,16+/m1/s1. The van der Waals surface area contributed by atoms with Gasteiger partial charge in [0.1, 0.15) is 22.7 Å². The van der Waals surface area contributed by atoms with E-state index in [-0.39, 0.29) is 52.8 Å². The molecule has 2 aromatic carbocycles. The Labute approximate surface area is 228 Å². The fourth-order valence-electron chi connectivity index (χ4n) is 4.99. The van der Waals surface area contributed by atoms with Crippen LogP contribution in [0.3, 0.4) is 0 Å². The van der Waals surface area contributed by atoms with Crippen molar-refractivity contribution in [3.8, 4) is 17.0 Å². The van der Waals surface area contributed by atoms with E-state index in [0.29, 0.717) is 27.6 Å². The Bertz CT molecular complexity index is 1570. The van der Waals surface area contributed by atoms with Gasteiger partial charge in [-0.15, -0.1) is 13.2 Å². The molecule has 2 saturated carbocycles. The number of para-hydroxylation sites is 1. The molecule has 0 aliphatic heterocycles. The van der Waals surface area contributed by atoms with Gasteiger partial charge < -0.3 is 24.4 Å². The summed E-state index contributed by atoms with van der Waals surface area (Å²) in [5, 5.41) is 17.1. The average Bonchev–Trinajstić information content (AvgIpc) is 3.28. The lowest BCUT2D eigenvalue weighted by atomic mass is 10.0. The number of alkyl halides is 3. The Morgan fingerprint density at radius 3 is 2.73 bits per heavy atom. The fourth-order valence-corrected chi connectivity index (χ4v) is 5.98. The third-order valence-corrected chi connectivity index (χ3v) is 7.94. The first kappa shape index (κ1) is 26.5. The van der Waals surface area contributed by atoms with E-state index in [0.717, 1.165) is 31.7 Å². The highest BCUT2D eigenvalue weighted by Crippen LogP contribution is 2.46. The molecular formula is C27H23F4N3O5S. The number of carboxylic acids is 1. The van der Waals surface area contributed by atoms with Crippen molar-refractivity contribution in [1.29, 1.82) is 0 Å². The predicted molar refractivity (Wildman–Crippen MR) is 137 cm³/mol. The van der Waals surface area contributed by atoms with Gasteiger partial charge in [-0.05, 0) is 56.4 Å². The minimum absolute atomic E-state index is 0.00155. The van der Waals surface area contributed by atoms with Gasteiger partial charge in [0.05, 0.1) is 23.0 Å². The summed E-state index contributed by atoms with van der Waals surface area (Å²) in [7, 11) is 0. The summed E-state index contributed by atoms with van der Waals surface area (Å²) in [6.45, 7) is 0.118. The molecule has 0 unspecified atom stereocenters. The Morgan fingerprint density at radius 2 is 1.98 bits per heavy atom. The average molecular weight is 578 g/mol. The van der Waals surface area contributed by atoms with Crippen LogP contribution in [0.1, 0.15) is 59.7 Å². The Kier molecular flexibility index (Phi) is 6.87. The maximum Gasteiger partial charge on any atom is 0.573 e. The number of carbonyl (C=O) groups is 1. The molecule has 2 atom stereocenters. The molecule has 2 fully saturated rings. The largest absolute Gasteiger partial charge is 0.573 e. The second-order valence-corrected chi connectivity index (χ2v) is 10.9. The van der Waals surface area contributed by atoms with Gasteiger partial charge in [-0.3, -0.25) is 0 Å². The van der Waals surface area contributed by atoms with Crippen LogP contribution in [0, 0.1) is 5.82 Å². The first-order chi connectivity index (χ1) is 19.1. The molecule has 0 spiro atoms. The number of nitrogens with zero attached hydrogens (tertiary/aromatic N) is 2. The summed E-state index contributed by atoms with van der Waals surface area (Å²) in [5.41, 5.74) is 1.04. The third-order valence-electron chi connectivity index (χ3n) is 7.01. The number of aromatic nitrogens is 2. The van der Waals surface area contributed by atoms with E-state index in [4.69, 9.17) is 9.26 Å². The van der Waals surface area contributed by atoms with Crippen molar-refractivity contribution < 1.29 is 41.5 Å². The number of thiazole rings is 1. The topological polar surface area (TPSA) is 107 Å². The molecular weight excluding hydrogens is 554 g/mol. The quantitative estimate of drug-likeness (QED) is 0.203. The van der Waals surface area contributed by atoms with Gasteiger partial charge in [0.15, 0.2) is 10.9 Å². The van der Waals surface area contributed by atoms with Gasteiger partial charge in [-0.25, -0.2) is 14.2 Å².